The molecule has 0 atom stereocenters. The van der Waals surface area contributed by atoms with Gasteiger partial charge in [0.1, 0.15) is 5.82 Å². The van der Waals surface area contributed by atoms with E-state index in [1.165, 1.54) is 6.07 Å². The molecule has 4 heteroatoms. The highest BCUT2D eigenvalue weighted by Crippen LogP contribution is 2.22. The average molecular weight is 219 g/mol. The number of aromatic nitrogens is 2. The molecule has 84 valence electrons. The maximum atomic E-state index is 13.7. The van der Waals surface area contributed by atoms with Gasteiger partial charge in [-0.25, -0.2) is 9.37 Å². The molecule has 0 saturated carbocycles. The minimum absolute atomic E-state index is 0.281. The van der Waals surface area contributed by atoms with Crippen LogP contribution in [0.3, 0.4) is 0 Å². The van der Waals surface area contributed by atoms with Crippen molar-refractivity contribution in [2.75, 3.05) is 5.73 Å². The number of nitrogens with two attached hydrogens (primary N) is 1. The maximum absolute atomic E-state index is 13.7. The number of halogens is 1. The molecule has 0 amide bonds. The van der Waals surface area contributed by atoms with E-state index in [2.05, 4.69) is 4.98 Å². The molecule has 0 fully saturated rings. The highest BCUT2D eigenvalue weighted by atomic mass is 19.1. The zero-order chi connectivity index (χ0) is 11.7. The van der Waals surface area contributed by atoms with Crippen molar-refractivity contribution in [3.63, 3.8) is 0 Å². The van der Waals surface area contributed by atoms with Crippen molar-refractivity contribution in [1.29, 1.82) is 0 Å². The summed E-state index contributed by atoms with van der Waals surface area (Å²) in [6, 6.07) is 4.53. The van der Waals surface area contributed by atoms with E-state index in [-0.39, 0.29) is 11.7 Å². The maximum Gasteiger partial charge on any atom is 0.147 e. The molecular formula is C12H14FN3. The minimum atomic E-state index is -0.297. The molecule has 2 N–H and O–H groups in total. The Morgan fingerprint density at radius 3 is 2.81 bits per heavy atom. The second-order valence-corrected chi connectivity index (χ2v) is 4.05. The highest BCUT2D eigenvalue weighted by Gasteiger charge is 2.11. The molecule has 0 unspecified atom stereocenters. The van der Waals surface area contributed by atoms with Crippen molar-refractivity contribution >= 4 is 5.69 Å². The number of hydrogen-bond acceptors (Lipinski definition) is 2. The predicted octanol–water partition coefficient (Wildman–Crippen LogP) is 2.72. The number of rotatable bonds is 2. The lowest BCUT2D eigenvalue weighted by atomic mass is 10.1. The van der Waals surface area contributed by atoms with E-state index < -0.39 is 0 Å². The molecule has 0 spiro atoms. The fourth-order valence-corrected chi connectivity index (χ4v) is 1.65. The van der Waals surface area contributed by atoms with Crippen LogP contribution in [-0.2, 0) is 0 Å². The van der Waals surface area contributed by atoms with Crippen molar-refractivity contribution in [3.8, 4) is 5.69 Å². The lowest BCUT2D eigenvalue weighted by Gasteiger charge is -2.11. The Kier molecular flexibility index (Phi) is 2.64. The van der Waals surface area contributed by atoms with Gasteiger partial charge in [-0.1, -0.05) is 13.8 Å². The second kappa shape index (κ2) is 3.96. The summed E-state index contributed by atoms with van der Waals surface area (Å²) >= 11 is 0. The molecule has 0 aliphatic heterocycles. The normalized spacial score (nSPS) is 11.0. The second-order valence-electron chi connectivity index (χ2n) is 4.05. The Labute approximate surface area is 93.7 Å². The fourth-order valence-electron chi connectivity index (χ4n) is 1.65. The van der Waals surface area contributed by atoms with Gasteiger partial charge in [-0.15, -0.1) is 0 Å². The molecule has 0 saturated heterocycles. The first-order valence-electron chi connectivity index (χ1n) is 5.17. The first kappa shape index (κ1) is 10.7. The van der Waals surface area contributed by atoms with Crippen LogP contribution in [0.5, 0.6) is 0 Å². The SMILES string of the molecule is CC(C)c1cncn1-c1cc(N)ccc1F. The van der Waals surface area contributed by atoms with Crippen LogP contribution in [0.25, 0.3) is 5.69 Å². The summed E-state index contributed by atoms with van der Waals surface area (Å²) in [7, 11) is 0. The molecule has 16 heavy (non-hydrogen) atoms. The summed E-state index contributed by atoms with van der Waals surface area (Å²) in [6.45, 7) is 4.08. The van der Waals surface area contributed by atoms with Gasteiger partial charge < -0.3 is 10.3 Å². The fraction of sp³-hybridized carbons (Fsp3) is 0.250. The summed E-state index contributed by atoms with van der Waals surface area (Å²) in [4.78, 5) is 4.05. The largest absolute Gasteiger partial charge is 0.399 e. The van der Waals surface area contributed by atoms with Gasteiger partial charge >= 0.3 is 0 Å². The number of imidazole rings is 1. The molecule has 1 heterocycles. The van der Waals surface area contributed by atoms with Crippen LogP contribution in [-0.4, -0.2) is 9.55 Å². The number of anilines is 1. The highest BCUT2D eigenvalue weighted by molar-refractivity contribution is 5.49. The van der Waals surface area contributed by atoms with Crippen molar-refractivity contribution < 1.29 is 4.39 Å². The van der Waals surface area contributed by atoms with E-state index >= 15 is 0 Å². The molecule has 1 aromatic heterocycles. The van der Waals surface area contributed by atoms with Crippen molar-refractivity contribution in [2.45, 2.75) is 19.8 Å². The van der Waals surface area contributed by atoms with Crippen molar-refractivity contribution in [1.82, 2.24) is 9.55 Å². The molecule has 0 aliphatic carbocycles. The number of hydrogen-bond donors (Lipinski definition) is 1. The molecule has 2 aromatic rings. The third-order valence-electron chi connectivity index (χ3n) is 2.49. The van der Waals surface area contributed by atoms with Crippen molar-refractivity contribution in [2.24, 2.45) is 0 Å². The van der Waals surface area contributed by atoms with Crippen LogP contribution in [0, 0.1) is 5.82 Å². The van der Waals surface area contributed by atoms with Crippen LogP contribution in [0.4, 0.5) is 10.1 Å². The third-order valence-corrected chi connectivity index (χ3v) is 2.49. The summed E-state index contributed by atoms with van der Waals surface area (Å²) in [5.74, 6) is -0.0163. The van der Waals surface area contributed by atoms with Crippen LogP contribution < -0.4 is 5.73 Å². The molecule has 0 radical (unpaired) electrons. The van der Waals surface area contributed by atoms with E-state index in [0.29, 0.717) is 11.4 Å². The summed E-state index contributed by atoms with van der Waals surface area (Å²) in [5, 5.41) is 0. The summed E-state index contributed by atoms with van der Waals surface area (Å²) in [5.41, 5.74) is 7.61. The molecule has 0 aliphatic rings. The zero-order valence-electron chi connectivity index (χ0n) is 9.31. The van der Waals surface area contributed by atoms with Crippen LogP contribution in [0.1, 0.15) is 25.5 Å². The third kappa shape index (κ3) is 1.78. The smallest absolute Gasteiger partial charge is 0.147 e. The van der Waals surface area contributed by atoms with Gasteiger partial charge in [-0.3, -0.25) is 0 Å². The lowest BCUT2D eigenvalue weighted by molar-refractivity contribution is 0.613. The van der Waals surface area contributed by atoms with Gasteiger partial charge in [-0.2, -0.15) is 0 Å². The first-order valence-corrected chi connectivity index (χ1v) is 5.17. The monoisotopic (exact) mass is 219 g/mol. The standard InChI is InChI=1S/C12H14FN3/c1-8(2)12-6-15-7-16(12)11-5-9(14)3-4-10(11)13/h3-8H,14H2,1-2H3. The molecule has 1 aromatic carbocycles. The Bertz CT molecular complexity index is 503. The summed E-state index contributed by atoms with van der Waals surface area (Å²) in [6.07, 6.45) is 3.35. The Hall–Kier alpha value is -1.84. The Morgan fingerprint density at radius 1 is 1.38 bits per heavy atom. The average Bonchev–Trinajstić information content (AvgIpc) is 2.70. The molecule has 0 bridgehead atoms. The molecule has 2 rings (SSSR count). The number of benzene rings is 1. The van der Waals surface area contributed by atoms with Gasteiger partial charge in [0.05, 0.1) is 12.0 Å². The van der Waals surface area contributed by atoms with Gasteiger partial charge in [0.15, 0.2) is 0 Å². The topological polar surface area (TPSA) is 43.8 Å². The molecular weight excluding hydrogens is 205 g/mol. The van der Waals surface area contributed by atoms with E-state index in [4.69, 9.17) is 5.73 Å². The minimum Gasteiger partial charge on any atom is -0.399 e. The summed E-state index contributed by atoms with van der Waals surface area (Å²) < 4.78 is 15.4. The van der Waals surface area contributed by atoms with Gasteiger partial charge in [-0.05, 0) is 24.1 Å². The number of nitrogens with zero attached hydrogens (tertiary/aromatic N) is 2. The Morgan fingerprint density at radius 2 is 2.12 bits per heavy atom. The zero-order valence-corrected chi connectivity index (χ0v) is 9.31. The van der Waals surface area contributed by atoms with E-state index in [0.717, 1.165) is 5.69 Å². The quantitative estimate of drug-likeness (QED) is 0.789. The van der Waals surface area contributed by atoms with Gasteiger partial charge in [0.25, 0.3) is 0 Å². The van der Waals surface area contributed by atoms with Crippen LogP contribution >= 0.6 is 0 Å². The molecule has 3 nitrogen and oxygen atoms in total. The van der Waals surface area contributed by atoms with E-state index in [1.807, 2.05) is 13.8 Å². The van der Waals surface area contributed by atoms with Crippen LogP contribution in [0.2, 0.25) is 0 Å². The van der Waals surface area contributed by atoms with Crippen molar-refractivity contribution in [3.05, 3.63) is 42.2 Å². The lowest BCUT2D eigenvalue weighted by Crippen LogP contribution is -2.03. The number of nitrogen functional groups attached to an aromatic ring is 1. The van der Waals surface area contributed by atoms with Gasteiger partial charge in [0, 0.05) is 17.6 Å². The van der Waals surface area contributed by atoms with E-state index in [9.17, 15) is 4.39 Å². The predicted molar refractivity (Wildman–Crippen MR) is 62.0 cm³/mol. The van der Waals surface area contributed by atoms with E-state index in [1.54, 1.807) is 29.2 Å². The van der Waals surface area contributed by atoms with Gasteiger partial charge in [0.2, 0.25) is 0 Å². The van der Waals surface area contributed by atoms with Crippen LogP contribution in [0.15, 0.2) is 30.7 Å². The Balaban J connectivity index is 2.58. The first-order chi connectivity index (χ1) is 7.59.